The molecule has 14 heteroatoms. The number of amides is 3. The number of ether oxygens (including phenoxy) is 3. The molecule has 3 amide bonds. The fourth-order valence-corrected chi connectivity index (χ4v) is 7.72. The molecule has 0 spiro atoms. The lowest BCUT2D eigenvalue weighted by Gasteiger charge is -2.25. The summed E-state index contributed by atoms with van der Waals surface area (Å²) in [4.78, 5) is 53.6. The van der Waals surface area contributed by atoms with Crippen LogP contribution in [0.3, 0.4) is 0 Å². The van der Waals surface area contributed by atoms with E-state index < -0.39 is 17.9 Å². The third kappa shape index (κ3) is 10.4. The Morgan fingerprint density at radius 1 is 0.844 bits per heavy atom. The number of nitrogens with zero attached hydrogens (tertiary/aromatic N) is 5. The number of carbonyl (C=O) groups excluding carboxylic acids is 4. The Kier molecular flexibility index (Phi) is 15.0. The molecule has 14 nitrogen and oxygen atoms in total. The first-order valence-electron chi connectivity index (χ1n) is 21.2. The van der Waals surface area contributed by atoms with Gasteiger partial charge in [-0.3, -0.25) is 24.3 Å². The van der Waals surface area contributed by atoms with Crippen molar-refractivity contribution < 1.29 is 38.6 Å². The fourth-order valence-electron chi connectivity index (χ4n) is 7.72. The van der Waals surface area contributed by atoms with Crippen molar-refractivity contribution in [2.45, 2.75) is 51.5 Å². The summed E-state index contributed by atoms with van der Waals surface area (Å²) >= 11 is 0. The van der Waals surface area contributed by atoms with Crippen LogP contribution in [0.4, 0.5) is 0 Å². The summed E-state index contributed by atoms with van der Waals surface area (Å²) in [7, 11) is 1.41. The SMILES string of the molecule is CNC(=O)C(CCC=O)N(C=O)C(=O)c1cccc(OCCCOCCCOc2ccc(-c3ccc(-n4cc(-c5ccc6c(c5)CC/C6=N\O)c(-c5ccncc5)n4)cc3)cc2)c1C. The number of carbonyl (C=O) groups is 4. The molecule has 2 aromatic heterocycles. The number of fused-ring (bicyclic) bond motifs is 1. The highest BCUT2D eigenvalue weighted by Crippen LogP contribution is 2.35. The Balaban J connectivity index is 0.861. The molecule has 2 heterocycles. The number of hydrogen-bond donors (Lipinski definition) is 2. The maximum absolute atomic E-state index is 13.3. The zero-order chi connectivity index (χ0) is 44.8. The second kappa shape index (κ2) is 21.6. The molecule has 4 aromatic carbocycles. The quantitative estimate of drug-likeness (QED) is 0.0317. The first-order valence-corrected chi connectivity index (χ1v) is 21.2. The van der Waals surface area contributed by atoms with Gasteiger partial charge in [0.2, 0.25) is 12.3 Å². The van der Waals surface area contributed by atoms with E-state index in [1.54, 1.807) is 37.5 Å². The Labute approximate surface area is 371 Å². The molecule has 6 aromatic rings. The summed E-state index contributed by atoms with van der Waals surface area (Å²) < 4.78 is 19.6. The Hall–Kier alpha value is -7.45. The monoisotopic (exact) mass is 862 g/mol. The van der Waals surface area contributed by atoms with E-state index in [0.29, 0.717) is 63.3 Å². The van der Waals surface area contributed by atoms with Crippen LogP contribution < -0.4 is 14.8 Å². The van der Waals surface area contributed by atoms with Crippen molar-refractivity contribution in [2.24, 2.45) is 5.16 Å². The average Bonchev–Trinajstić information content (AvgIpc) is 3.98. The van der Waals surface area contributed by atoms with Crippen molar-refractivity contribution in [2.75, 3.05) is 33.5 Å². The van der Waals surface area contributed by atoms with Crippen molar-refractivity contribution in [1.82, 2.24) is 25.0 Å². The van der Waals surface area contributed by atoms with E-state index in [-0.39, 0.29) is 18.4 Å². The van der Waals surface area contributed by atoms with Crippen LogP contribution in [0, 0.1) is 6.92 Å². The lowest BCUT2D eigenvalue weighted by atomic mass is 9.98. The van der Waals surface area contributed by atoms with Crippen LogP contribution >= 0.6 is 0 Å². The van der Waals surface area contributed by atoms with Gasteiger partial charge in [-0.1, -0.05) is 53.7 Å². The predicted molar refractivity (Wildman–Crippen MR) is 242 cm³/mol. The maximum atomic E-state index is 13.3. The van der Waals surface area contributed by atoms with Gasteiger partial charge >= 0.3 is 0 Å². The minimum Gasteiger partial charge on any atom is -0.494 e. The van der Waals surface area contributed by atoms with Crippen molar-refractivity contribution in [3.05, 3.63) is 138 Å². The van der Waals surface area contributed by atoms with Crippen molar-refractivity contribution in [1.29, 1.82) is 0 Å². The van der Waals surface area contributed by atoms with Gasteiger partial charge in [0, 0.05) is 85.9 Å². The standard InChI is InChI=1S/C50H50N6O8/c1-34-42(50(60)55(33-58)46(8-4-26-57)49(59)51-2)7-3-9-47(34)64-30-6-28-62-27-5-29-63-41-18-12-36(13-19-41)35-10-16-40(17-11-35)56-32-44(48(53-56)37-22-24-52-25-23-37)39-14-20-43-38(31-39)15-21-45(43)54-61/h3,7,9-14,16-20,22-26,31-33,46,61H,4-6,8,15,21,27-30H2,1-2H3,(H,51,59)/b54-45+. The normalized spacial score (nSPS) is 12.9. The summed E-state index contributed by atoms with van der Waals surface area (Å²) in [6, 6.07) is 30.3. The molecule has 0 aliphatic heterocycles. The molecular formula is C50H50N6O8. The topological polar surface area (TPSA) is 175 Å². The van der Waals surface area contributed by atoms with E-state index in [4.69, 9.17) is 19.3 Å². The lowest BCUT2D eigenvalue weighted by Crippen LogP contribution is -2.48. The molecule has 0 bridgehead atoms. The van der Waals surface area contributed by atoms with Crippen molar-refractivity contribution in [3.8, 4) is 50.7 Å². The molecule has 0 saturated heterocycles. The van der Waals surface area contributed by atoms with Crippen LogP contribution in [-0.4, -0.2) is 94.6 Å². The van der Waals surface area contributed by atoms with Crippen LogP contribution in [0.5, 0.6) is 11.5 Å². The third-order valence-corrected chi connectivity index (χ3v) is 11.2. The van der Waals surface area contributed by atoms with Crippen molar-refractivity contribution in [3.63, 3.8) is 0 Å². The van der Waals surface area contributed by atoms with Gasteiger partial charge in [0.05, 0.1) is 24.6 Å². The van der Waals surface area contributed by atoms with E-state index in [1.165, 1.54) is 7.05 Å². The highest BCUT2D eigenvalue weighted by Gasteiger charge is 2.31. The number of imide groups is 1. The largest absolute Gasteiger partial charge is 0.494 e. The van der Waals surface area contributed by atoms with E-state index in [1.807, 2.05) is 47.1 Å². The number of benzene rings is 4. The number of aromatic nitrogens is 3. The second-order valence-corrected chi connectivity index (χ2v) is 15.2. The van der Waals surface area contributed by atoms with Gasteiger partial charge in [0.15, 0.2) is 0 Å². The minimum atomic E-state index is -1.11. The van der Waals surface area contributed by atoms with Crippen LogP contribution in [0.15, 0.2) is 121 Å². The van der Waals surface area contributed by atoms with E-state index in [2.05, 4.69) is 58.1 Å². The van der Waals surface area contributed by atoms with E-state index in [0.717, 1.165) is 79.5 Å². The summed E-state index contributed by atoms with van der Waals surface area (Å²) in [6.45, 7) is 3.55. The third-order valence-electron chi connectivity index (χ3n) is 11.2. The van der Waals surface area contributed by atoms with Gasteiger partial charge in [-0.15, -0.1) is 0 Å². The Morgan fingerprint density at radius 2 is 1.55 bits per heavy atom. The van der Waals surface area contributed by atoms with E-state index >= 15 is 0 Å². The number of hydrogen-bond acceptors (Lipinski definition) is 11. The fraction of sp³-hybridized carbons (Fsp3) is 0.260. The van der Waals surface area contributed by atoms with Crippen LogP contribution in [0.1, 0.15) is 59.2 Å². The predicted octanol–water partition coefficient (Wildman–Crippen LogP) is 7.65. The molecule has 2 N–H and O–H groups in total. The zero-order valence-electron chi connectivity index (χ0n) is 35.8. The molecule has 1 aliphatic carbocycles. The van der Waals surface area contributed by atoms with Gasteiger partial charge in [0.25, 0.3) is 5.91 Å². The number of likely N-dealkylation sites (N-methyl/N-ethyl adjacent to an activating group) is 1. The van der Waals surface area contributed by atoms with Gasteiger partial charge in [-0.25, -0.2) is 4.68 Å². The number of aryl methyl sites for hydroxylation is 1. The number of pyridine rings is 1. The van der Waals surface area contributed by atoms with Crippen molar-refractivity contribution >= 4 is 30.2 Å². The maximum Gasteiger partial charge on any atom is 0.261 e. The Morgan fingerprint density at radius 3 is 2.23 bits per heavy atom. The smallest absolute Gasteiger partial charge is 0.261 e. The highest BCUT2D eigenvalue weighted by atomic mass is 16.5. The second-order valence-electron chi connectivity index (χ2n) is 15.2. The first-order chi connectivity index (χ1) is 31.3. The van der Waals surface area contributed by atoms with E-state index in [9.17, 15) is 24.4 Å². The number of nitrogens with one attached hydrogen (secondary N) is 1. The zero-order valence-corrected chi connectivity index (χ0v) is 35.8. The molecule has 7 rings (SSSR count). The number of oxime groups is 1. The lowest BCUT2D eigenvalue weighted by molar-refractivity contribution is -0.131. The molecule has 64 heavy (non-hydrogen) atoms. The van der Waals surface area contributed by atoms with Crippen LogP contribution in [-0.2, 0) is 25.5 Å². The molecule has 0 saturated carbocycles. The Bertz CT molecular complexity index is 2590. The number of aldehydes is 1. The van der Waals surface area contributed by atoms with Crippen LogP contribution in [0.25, 0.3) is 39.2 Å². The van der Waals surface area contributed by atoms with Gasteiger partial charge in [-0.05, 0) is 97.0 Å². The summed E-state index contributed by atoms with van der Waals surface area (Å²) in [6.07, 6.45) is 9.48. The van der Waals surface area contributed by atoms with Gasteiger partial charge < -0.3 is 29.5 Å². The minimum absolute atomic E-state index is 0.0231. The average molecular weight is 863 g/mol. The molecule has 328 valence electrons. The van der Waals surface area contributed by atoms with Gasteiger partial charge in [0.1, 0.15) is 29.5 Å². The summed E-state index contributed by atoms with van der Waals surface area (Å²) in [5.74, 6) is 0.0733. The first kappa shape index (κ1) is 44.6. The molecular weight excluding hydrogens is 813 g/mol. The molecule has 1 unspecified atom stereocenters. The van der Waals surface area contributed by atoms with Crippen LogP contribution in [0.2, 0.25) is 0 Å². The molecule has 0 fully saturated rings. The molecule has 1 atom stereocenters. The molecule has 1 aliphatic rings. The summed E-state index contributed by atoms with van der Waals surface area (Å²) in [5.41, 5.74) is 10.6. The molecule has 0 radical (unpaired) electrons. The van der Waals surface area contributed by atoms with Gasteiger partial charge in [-0.2, -0.15) is 5.10 Å². The summed E-state index contributed by atoms with van der Waals surface area (Å²) in [5, 5.41) is 20.4. The number of rotatable bonds is 21. The highest BCUT2D eigenvalue weighted by molar-refractivity contribution is 6.05.